The molecule has 0 aromatic heterocycles. The van der Waals surface area contributed by atoms with Gasteiger partial charge in [-0.3, -0.25) is 4.79 Å². The van der Waals surface area contributed by atoms with E-state index in [1.807, 2.05) is 0 Å². The molecule has 0 aliphatic heterocycles. The van der Waals surface area contributed by atoms with Crippen molar-refractivity contribution >= 4 is 15.6 Å². The van der Waals surface area contributed by atoms with Crippen LogP contribution in [0.4, 0.5) is 0 Å². The Kier molecular flexibility index (Phi) is 3.29. The lowest BCUT2D eigenvalue weighted by molar-refractivity contribution is -0.116. The number of rotatable bonds is 3. The summed E-state index contributed by atoms with van der Waals surface area (Å²) in [4.78, 5) is 11.3. The quantitative estimate of drug-likeness (QED) is 0.789. The molecule has 0 N–H and O–H groups in total. The van der Waals surface area contributed by atoms with Crippen molar-refractivity contribution in [3.05, 3.63) is 29.8 Å². The minimum atomic E-state index is -3.52. The zero-order valence-corrected chi connectivity index (χ0v) is 9.84. The monoisotopic (exact) mass is 226 g/mol. The van der Waals surface area contributed by atoms with Gasteiger partial charge in [-0.05, 0) is 32.4 Å². The highest BCUT2D eigenvalue weighted by molar-refractivity contribution is 7.92. The summed E-state index contributed by atoms with van der Waals surface area (Å²) in [7, 11) is -3.52. The molecule has 0 saturated carbocycles. The van der Waals surface area contributed by atoms with Gasteiger partial charge in [0.2, 0.25) is 0 Å². The largest absolute Gasteiger partial charge is 0.299 e. The maximum atomic E-state index is 12.0. The molecular weight excluding hydrogens is 212 g/mol. The van der Waals surface area contributed by atoms with Gasteiger partial charge in [0.15, 0.2) is 9.84 Å². The Morgan fingerprint density at radius 3 is 2.27 bits per heavy atom. The highest BCUT2D eigenvalue weighted by atomic mass is 32.2. The Morgan fingerprint density at radius 2 is 1.80 bits per heavy atom. The summed E-state index contributed by atoms with van der Waals surface area (Å²) in [6.45, 7) is 4.43. The first kappa shape index (κ1) is 11.9. The Hall–Kier alpha value is -1.16. The van der Waals surface area contributed by atoms with Crippen molar-refractivity contribution in [2.75, 3.05) is 0 Å². The molecule has 0 radical (unpaired) electrons. The predicted octanol–water partition coefficient (Wildman–Crippen LogP) is 1.75. The van der Waals surface area contributed by atoms with Crippen molar-refractivity contribution in [2.24, 2.45) is 0 Å². The number of carbonyl (C=O) groups excluding carboxylic acids is 1. The molecule has 1 aromatic rings. The molecule has 82 valence electrons. The van der Waals surface area contributed by atoms with Gasteiger partial charge in [-0.15, -0.1) is 0 Å². The first-order chi connectivity index (χ1) is 6.87. The number of benzene rings is 1. The molecule has 1 unspecified atom stereocenters. The van der Waals surface area contributed by atoms with E-state index >= 15 is 0 Å². The minimum absolute atomic E-state index is 0.243. The van der Waals surface area contributed by atoms with Crippen LogP contribution < -0.4 is 0 Å². The lowest BCUT2D eigenvalue weighted by Crippen LogP contribution is -2.25. The fourth-order valence-electron chi connectivity index (χ4n) is 1.28. The van der Waals surface area contributed by atoms with Crippen LogP contribution in [-0.2, 0) is 14.6 Å². The highest BCUT2D eigenvalue weighted by Crippen LogP contribution is 2.20. The second kappa shape index (κ2) is 4.14. The van der Waals surface area contributed by atoms with Crippen molar-refractivity contribution in [1.29, 1.82) is 0 Å². The van der Waals surface area contributed by atoms with Gasteiger partial charge < -0.3 is 0 Å². The Labute approximate surface area is 90.0 Å². The van der Waals surface area contributed by atoms with E-state index in [2.05, 4.69) is 0 Å². The van der Waals surface area contributed by atoms with Crippen LogP contribution in [0.5, 0.6) is 0 Å². The van der Waals surface area contributed by atoms with Gasteiger partial charge in [-0.1, -0.05) is 18.2 Å². The Balaban J connectivity index is 3.30. The molecule has 1 aromatic carbocycles. The molecule has 0 fully saturated rings. The number of Topliss-reactive ketones (excluding diaryl/α,β-unsaturated/α-hetero) is 1. The lowest BCUT2D eigenvalue weighted by atomic mass is 10.2. The Morgan fingerprint density at radius 1 is 1.27 bits per heavy atom. The van der Waals surface area contributed by atoms with Gasteiger partial charge in [0.05, 0.1) is 4.90 Å². The summed E-state index contributed by atoms with van der Waals surface area (Å²) in [5.41, 5.74) is 0.672. The average Bonchev–Trinajstić information content (AvgIpc) is 2.16. The van der Waals surface area contributed by atoms with Crippen molar-refractivity contribution in [3.8, 4) is 0 Å². The van der Waals surface area contributed by atoms with Crippen molar-refractivity contribution in [3.63, 3.8) is 0 Å². The smallest absolute Gasteiger partial charge is 0.188 e. The number of aryl methyl sites for hydroxylation is 1. The molecule has 3 nitrogen and oxygen atoms in total. The van der Waals surface area contributed by atoms with E-state index in [1.165, 1.54) is 19.9 Å². The molecule has 1 atom stereocenters. The standard InChI is InChI=1S/C11H14O3S/c1-8-6-4-5-7-11(8)15(13,14)10(3)9(2)12/h4-7,10H,1-3H3. The third-order valence-electron chi connectivity index (χ3n) is 2.44. The second-order valence-corrected chi connectivity index (χ2v) is 5.80. The zero-order valence-electron chi connectivity index (χ0n) is 9.02. The molecular formula is C11H14O3S. The highest BCUT2D eigenvalue weighted by Gasteiger charge is 2.27. The molecule has 0 amide bonds. The molecule has 4 heteroatoms. The minimum Gasteiger partial charge on any atom is -0.299 e. The van der Waals surface area contributed by atoms with E-state index in [9.17, 15) is 13.2 Å². The number of carbonyl (C=O) groups is 1. The Bertz CT molecular complexity index is 474. The van der Waals surface area contributed by atoms with Gasteiger partial charge in [0.25, 0.3) is 0 Å². The van der Waals surface area contributed by atoms with Crippen LogP contribution in [0, 0.1) is 6.92 Å². The summed E-state index contributed by atoms with van der Waals surface area (Å²) in [6, 6.07) is 6.68. The van der Waals surface area contributed by atoms with E-state index in [4.69, 9.17) is 0 Å². The van der Waals surface area contributed by atoms with E-state index in [1.54, 1.807) is 25.1 Å². The maximum absolute atomic E-state index is 12.0. The summed E-state index contributed by atoms with van der Waals surface area (Å²) >= 11 is 0. The van der Waals surface area contributed by atoms with E-state index < -0.39 is 15.1 Å². The SMILES string of the molecule is CC(=O)C(C)S(=O)(=O)c1ccccc1C. The first-order valence-corrected chi connectivity index (χ1v) is 6.22. The number of sulfone groups is 1. The number of hydrogen-bond acceptors (Lipinski definition) is 3. The van der Waals surface area contributed by atoms with Crippen LogP contribution in [0.3, 0.4) is 0 Å². The van der Waals surface area contributed by atoms with Crippen molar-refractivity contribution in [2.45, 2.75) is 30.9 Å². The maximum Gasteiger partial charge on any atom is 0.188 e. The van der Waals surface area contributed by atoms with Gasteiger partial charge in [0, 0.05) is 0 Å². The number of hydrogen-bond donors (Lipinski definition) is 0. The third kappa shape index (κ3) is 2.26. The average molecular weight is 226 g/mol. The molecule has 0 saturated heterocycles. The number of ketones is 1. The lowest BCUT2D eigenvalue weighted by Gasteiger charge is -2.11. The second-order valence-electron chi connectivity index (χ2n) is 3.56. The van der Waals surface area contributed by atoms with Crippen LogP contribution in [0.15, 0.2) is 29.2 Å². The summed E-state index contributed by atoms with van der Waals surface area (Å²) in [5, 5.41) is -0.974. The molecule has 0 aliphatic rings. The predicted molar refractivity (Wildman–Crippen MR) is 58.5 cm³/mol. The summed E-state index contributed by atoms with van der Waals surface area (Å²) in [6.07, 6.45) is 0. The molecule has 1 rings (SSSR count). The fourth-order valence-corrected chi connectivity index (χ4v) is 2.89. The van der Waals surface area contributed by atoms with Crippen LogP contribution in [0.2, 0.25) is 0 Å². The van der Waals surface area contributed by atoms with Gasteiger partial charge >= 0.3 is 0 Å². The van der Waals surface area contributed by atoms with Crippen LogP contribution in [0.25, 0.3) is 0 Å². The fraction of sp³-hybridized carbons (Fsp3) is 0.364. The topological polar surface area (TPSA) is 51.2 Å². The van der Waals surface area contributed by atoms with Crippen molar-refractivity contribution in [1.82, 2.24) is 0 Å². The molecule has 0 aliphatic carbocycles. The van der Waals surface area contributed by atoms with E-state index in [0.717, 1.165) is 0 Å². The third-order valence-corrected chi connectivity index (χ3v) is 4.77. The summed E-state index contributed by atoms with van der Waals surface area (Å²) in [5.74, 6) is -0.335. The van der Waals surface area contributed by atoms with Gasteiger partial charge in [-0.2, -0.15) is 0 Å². The van der Waals surface area contributed by atoms with Gasteiger partial charge in [0.1, 0.15) is 11.0 Å². The van der Waals surface area contributed by atoms with Crippen LogP contribution >= 0.6 is 0 Å². The first-order valence-electron chi connectivity index (χ1n) is 4.67. The van der Waals surface area contributed by atoms with Crippen LogP contribution in [-0.4, -0.2) is 19.5 Å². The van der Waals surface area contributed by atoms with Crippen molar-refractivity contribution < 1.29 is 13.2 Å². The van der Waals surface area contributed by atoms with E-state index in [0.29, 0.717) is 5.56 Å². The normalized spacial score (nSPS) is 13.5. The van der Waals surface area contributed by atoms with Gasteiger partial charge in [-0.25, -0.2) is 8.42 Å². The molecule has 0 heterocycles. The molecule has 15 heavy (non-hydrogen) atoms. The molecule has 0 spiro atoms. The van der Waals surface area contributed by atoms with E-state index in [-0.39, 0.29) is 10.7 Å². The molecule has 0 bridgehead atoms. The zero-order chi connectivity index (χ0) is 11.6. The summed E-state index contributed by atoms with van der Waals surface area (Å²) < 4.78 is 23.9. The van der Waals surface area contributed by atoms with Crippen LogP contribution in [0.1, 0.15) is 19.4 Å².